The minimum atomic E-state index is -5.08. The lowest BCUT2D eigenvalue weighted by molar-refractivity contribution is -0.192. The van der Waals surface area contributed by atoms with E-state index in [-0.39, 0.29) is 0 Å². The van der Waals surface area contributed by atoms with E-state index in [2.05, 4.69) is 10.2 Å². The number of carboxylic acid groups (broad SMARTS) is 1. The van der Waals surface area contributed by atoms with Gasteiger partial charge in [0.25, 0.3) is 0 Å². The Morgan fingerprint density at radius 1 is 1.24 bits per heavy atom. The molecule has 0 amide bonds. The van der Waals surface area contributed by atoms with Crippen LogP contribution >= 0.6 is 0 Å². The molecule has 0 aromatic carbocycles. The van der Waals surface area contributed by atoms with Gasteiger partial charge >= 0.3 is 12.1 Å². The van der Waals surface area contributed by atoms with Crippen molar-refractivity contribution in [2.24, 2.45) is 0 Å². The van der Waals surface area contributed by atoms with Gasteiger partial charge in [-0.3, -0.25) is 4.90 Å². The molecule has 6 nitrogen and oxygen atoms in total. The van der Waals surface area contributed by atoms with Crippen molar-refractivity contribution in [1.29, 1.82) is 0 Å². The van der Waals surface area contributed by atoms with E-state index >= 15 is 0 Å². The number of hydrogen-bond acceptors (Lipinski definition) is 5. The number of β-amino-alcohol motifs (C(OH)–C–C–N with tert-alkyl or cyclic N) is 1. The van der Waals surface area contributed by atoms with Crippen molar-refractivity contribution in [2.45, 2.75) is 24.6 Å². The SMILES string of the molecule is O=C(O)C(F)(F)F.OC1(CN2CCOCC2)CCNCC1. The summed E-state index contributed by atoms with van der Waals surface area (Å²) >= 11 is 0. The Bertz CT molecular complexity index is 327. The Morgan fingerprint density at radius 3 is 2.14 bits per heavy atom. The Kier molecular flexibility index (Phi) is 6.85. The number of carboxylic acids is 1. The van der Waals surface area contributed by atoms with Crippen LogP contribution in [0.3, 0.4) is 0 Å². The zero-order valence-electron chi connectivity index (χ0n) is 11.7. The predicted molar refractivity (Wildman–Crippen MR) is 68.0 cm³/mol. The maximum Gasteiger partial charge on any atom is 0.490 e. The molecule has 2 fully saturated rings. The van der Waals surface area contributed by atoms with Crippen LogP contribution in [0.4, 0.5) is 13.2 Å². The van der Waals surface area contributed by atoms with Crippen LogP contribution < -0.4 is 5.32 Å². The molecule has 2 rings (SSSR count). The third kappa shape index (κ3) is 7.07. The van der Waals surface area contributed by atoms with Crippen LogP contribution in [-0.4, -0.2) is 78.8 Å². The van der Waals surface area contributed by atoms with E-state index in [4.69, 9.17) is 14.6 Å². The van der Waals surface area contributed by atoms with Crippen molar-refractivity contribution in [3.63, 3.8) is 0 Å². The number of rotatable bonds is 2. The molecule has 0 unspecified atom stereocenters. The summed E-state index contributed by atoms with van der Waals surface area (Å²) < 4.78 is 37.0. The fourth-order valence-corrected chi connectivity index (χ4v) is 2.23. The van der Waals surface area contributed by atoms with E-state index in [1.54, 1.807) is 0 Å². The molecule has 0 aromatic heterocycles. The van der Waals surface area contributed by atoms with E-state index in [0.29, 0.717) is 0 Å². The van der Waals surface area contributed by atoms with Gasteiger partial charge in [-0.1, -0.05) is 0 Å². The van der Waals surface area contributed by atoms with Crippen molar-refractivity contribution >= 4 is 5.97 Å². The first-order valence-corrected chi connectivity index (χ1v) is 6.76. The minimum absolute atomic E-state index is 0.456. The van der Waals surface area contributed by atoms with E-state index in [0.717, 1.165) is 58.8 Å². The maximum absolute atomic E-state index is 10.6. The average molecular weight is 314 g/mol. The molecule has 2 heterocycles. The predicted octanol–water partition coefficient (Wildman–Crippen LogP) is 0.0664. The van der Waals surface area contributed by atoms with E-state index in [9.17, 15) is 18.3 Å². The highest BCUT2D eigenvalue weighted by Gasteiger charge is 2.38. The zero-order valence-corrected chi connectivity index (χ0v) is 11.7. The molecule has 0 aliphatic carbocycles. The van der Waals surface area contributed by atoms with Crippen molar-refractivity contribution in [1.82, 2.24) is 10.2 Å². The highest BCUT2D eigenvalue weighted by Crippen LogP contribution is 2.19. The third-order valence-electron chi connectivity index (χ3n) is 3.40. The van der Waals surface area contributed by atoms with Gasteiger partial charge in [0.1, 0.15) is 0 Å². The molecule has 2 aliphatic rings. The number of carbonyl (C=O) groups is 1. The largest absolute Gasteiger partial charge is 0.490 e. The van der Waals surface area contributed by atoms with Gasteiger partial charge < -0.3 is 20.3 Å². The molecule has 0 radical (unpaired) electrons. The van der Waals surface area contributed by atoms with Gasteiger partial charge in [-0.2, -0.15) is 13.2 Å². The van der Waals surface area contributed by atoms with Gasteiger partial charge in [0.15, 0.2) is 0 Å². The second kappa shape index (κ2) is 7.92. The lowest BCUT2D eigenvalue weighted by atomic mass is 9.92. The van der Waals surface area contributed by atoms with E-state index in [1.165, 1.54) is 0 Å². The van der Waals surface area contributed by atoms with Gasteiger partial charge in [-0.25, -0.2) is 4.79 Å². The highest BCUT2D eigenvalue weighted by molar-refractivity contribution is 5.73. The number of aliphatic hydroxyl groups is 1. The summed E-state index contributed by atoms with van der Waals surface area (Å²) in [5.41, 5.74) is -0.456. The monoisotopic (exact) mass is 314 g/mol. The molecule has 0 aromatic rings. The summed E-state index contributed by atoms with van der Waals surface area (Å²) in [5, 5.41) is 20.7. The zero-order chi connectivity index (χ0) is 15.9. The Balaban J connectivity index is 0.000000270. The van der Waals surface area contributed by atoms with Crippen LogP contribution in [0.1, 0.15) is 12.8 Å². The number of piperidine rings is 1. The number of hydrogen-bond donors (Lipinski definition) is 3. The second-order valence-corrected chi connectivity index (χ2v) is 5.17. The Labute approximate surface area is 120 Å². The van der Waals surface area contributed by atoms with Crippen LogP contribution in [0.2, 0.25) is 0 Å². The van der Waals surface area contributed by atoms with Gasteiger partial charge in [0.05, 0.1) is 18.8 Å². The van der Waals surface area contributed by atoms with Crippen LogP contribution in [-0.2, 0) is 9.53 Å². The normalized spacial score (nSPS) is 23.0. The number of nitrogens with one attached hydrogen (secondary N) is 1. The molecule has 0 bridgehead atoms. The van der Waals surface area contributed by atoms with Gasteiger partial charge in [0.2, 0.25) is 0 Å². The molecule has 124 valence electrons. The fourth-order valence-electron chi connectivity index (χ4n) is 2.23. The number of nitrogens with zero attached hydrogens (tertiary/aromatic N) is 1. The summed E-state index contributed by atoms with van der Waals surface area (Å²) in [6.45, 7) is 6.27. The molecule has 0 spiro atoms. The first-order valence-electron chi connectivity index (χ1n) is 6.76. The Morgan fingerprint density at radius 2 is 1.71 bits per heavy atom. The lowest BCUT2D eigenvalue weighted by Gasteiger charge is -2.38. The number of aliphatic carboxylic acids is 1. The van der Waals surface area contributed by atoms with E-state index < -0.39 is 17.7 Å². The van der Waals surface area contributed by atoms with Gasteiger partial charge in [-0.05, 0) is 25.9 Å². The lowest BCUT2D eigenvalue weighted by Crippen LogP contribution is -2.52. The van der Waals surface area contributed by atoms with Crippen molar-refractivity contribution in [3.8, 4) is 0 Å². The number of halogens is 3. The maximum atomic E-state index is 10.6. The molecule has 9 heteroatoms. The molecule has 0 atom stereocenters. The third-order valence-corrected chi connectivity index (χ3v) is 3.40. The van der Waals surface area contributed by atoms with Crippen molar-refractivity contribution in [3.05, 3.63) is 0 Å². The molecular weight excluding hydrogens is 293 g/mol. The van der Waals surface area contributed by atoms with Crippen molar-refractivity contribution in [2.75, 3.05) is 45.9 Å². The first kappa shape index (κ1) is 18.1. The van der Waals surface area contributed by atoms with Crippen LogP contribution in [0, 0.1) is 0 Å². The summed E-state index contributed by atoms with van der Waals surface area (Å²) in [7, 11) is 0. The summed E-state index contributed by atoms with van der Waals surface area (Å²) in [4.78, 5) is 11.2. The van der Waals surface area contributed by atoms with Gasteiger partial charge in [0, 0.05) is 19.6 Å². The topological polar surface area (TPSA) is 82.0 Å². The minimum Gasteiger partial charge on any atom is -0.475 e. The quantitative estimate of drug-likeness (QED) is 0.669. The smallest absolute Gasteiger partial charge is 0.475 e. The first-order chi connectivity index (χ1) is 9.73. The van der Waals surface area contributed by atoms with Crippen LogP contribution in [0.5, 0.6) is 0 Å². The summed E-state index contributed by atoms with van der Waals surface area (Å²) in [5.74, 6) is -2.76. The highest BCUT2D eigenvalue weighted by atomic mass is 19.4. The van der Waals surface area contributed by atoms with Crippen molar-refractivity contribution < 1.29 is 32.9 Å². The fraction of sp³-hybridized carbons (Fsp3) is 0.917. The molecular formula is C12H21F3N2O4. The summed E-state index contributed by atoms with van der Waals surface area (Å²) in [6, 6.07) is 0. The summed E-state index contributed by atoms with van der Waals surface area (Å²) in [6.07, 6.45) is -3.32. The number of alkyl halides is 3. The van der Waals surface area contributed by atoms with Crippen LogP contribution in [0.15, 0.2) is 0 Å². The standard InChI is InChI=1S/C10H20N2O2.C2HF3O2/c13-10(1-3-11-4-2-10)9-12-5-7-14-8-6-12;3-2(4,5)1(6)7/h11,13H,1-9H2;(H,6,7). The average Bonchev–Trinajstić information content (AvgIpc) is 2.39. The molecule has 21 heavy (non-hydrogen) atoms. The Hall–Kier alpha value is -0.900. The molecule has 0 saturated carbocycles. The number of ether oxygens (including phenoxy) is 1. The van der Waals surface area contributed by atoms with Crippen LogP contribution in [0.25, 0.3) is 0 Å². The van der Waals surface area contributed by atoms with Gasteiger partial charge in [-0.15, -0.1) is 0 Å². The second-order valence-electron chi connectivity index (χ2n) is 5.17. The number of morpholine rings is 1. The van der Waals surface area contributed by atoms with E-state index in [1.807, 2.05) is 0 Å². The molecule has 2 aliphatic heterocycles. The molecule has 3 N–H and O–H groups in total. The molecule has 2 saturated heterocycles.